The van der Waals surface area contributed by atoms with Gasteiger partial charge in [-0.1, -0.05) is 30.3 Å². The van der Waals surface area contributed by atoms with Crippen molar-refractivity contribution in [2.75, 3.05) is 18.4 Å². The number of fused-ring (bicyclic) bond motifs is 1. The molecule has 0 atom stereocenters. The normalized spacial score (nSPS) is 11.4. The lowest BCUT2D eigenvalue weighted by molar-refractivity contribution is -0.125. The summed E-state index contributed by atoms with van der Waals surface area (Å²) in [7, 11) is -2.84. The molecule has 1 N–H and O–H groups in total. The fourth-order valence-electron chi connectivity index (χ4n) is 2.04. The highest BCUT2D eigenvalue weighted by atomic mass is 31.2. The van der Waals surface area contributed by atoms with Gasteiger partial charge < -0.3 is 4.57 Å². The summed E-state index contributed by atoms with van der Waals surface area (Å²) in [6, 6.07) is 12.7. The van der Waals surface area contributed by atoms with E-state index in [4.69, 9.17) is 0 Å². The van der Waals surface area contributed by atoms with Gasteiger partial charge in [-0.3, -0.25) is 14.8 Å². The quantitative estimate of drug-likeness (QED) is 0.520. The molecule has 0 bridgehead atoms. The summed E-state index contributed by atoms with van der Waals surface area (Å²) in [6.45, 7) is 2.75. The monoisotopic (exact) mass is 319 g/mol. The molecular formula is C16H18NO4P. The molecule has 0 saturated carbocycles. The van der Waals surface area contributed by atoms with Crippen LogP contribution in [0.5, 0.6) is 0 Å². The number of rotatable bonds is 5. The van der Waals surface area contributed by atoms with Crippen molar-refractivity contribution < 1.29 is 19.4 Å². The Hall–Kier alpha value is -1.97. The molecule has 0 spiro atoms. The molecule has 2 rings (SSSR count). The van der Waals surface area contributed by atoms with Gasteiger partial charge in [-0.05, 0) is 36.2 Å². The molecule has 0 saturated heterocycles. The lowest BCUT2D eigenvalue weighted by atomic mass is 10.1. The summed E-state index contributed by atoms with van der Waals surface area (Å²) in [6.07, 6.45) is -0.304. The Labute approximate surface area is 128 Å². The minimum atomic E-state index is -2.84. The van der Waals surface area contributed by atoms with E-state index in [9.17, 15) is 19.4 Å². The highest BCUT2D eigenvalue weighted by Crippen LogP contribution is 2.38. The zero-order chi connectivity index (χ0) is 16.3. The fourth-order valence-corrected chi connectivity index (χ4v) is 2.69. The second-order valence-electron chi connectivity index (χ2n) is 5.48. The van der Waals surface area contributed by atoms with Crippen LogP contribution in [0.4, 0.5) is 5.69 Å². The smallest absolute Gasteiger partial charge is 0.251 e. The van der Waals surface area contributed by atoms with Crippen LogP contribution in [-0.4, -0.2) is 30.0 Å². The Bertz CT molecular complexity index is 766. The highest BCUT2D eigenvalue weighted by molar-refractivity contribution is 7.79. The SMILES string of the molecule is CP(C)(=O)C(=O)CCC(=O)N(O)c1ccc2ccccc2c1. The predicted octanol–water partition coefficient (Wildman–Crippen LogP) is 3.49. The van der Waals surface area contributed by atoms with E-state index in [1.54, 1.807) is 18.2 Å². The molecule has 0 aliphatic heterocycles. The third-order valence-electron chi connectivity index (χ3n) is 3.37. The minimum absolute atomic E-state index is 0.131. The first-order valence-electron chi connectivity index (χ1n) is 6.88. The molecule has 0 aliphatic carbocycles. The Morgan fingerprint density at radius 2 is 1.68 bits per heavy atom. The summed E-state index contributed by atoms with van der Waals surface area (Å²) < 4.78 is 11.6. The Morgan fingerprint density at radius 3 is 2.32 bits per heavy atom. The van der Waals surface area contributed by atoms with Crippen molar-refractivity contribution in [2.24, 2.45) is 0 Å². The van der Waals surface area contributed by atoms with E-state index >= 15 is 0 Å². The van der Waals surface area contributed by atoms with Crippen molar-refractivity contribution in [2.45, 2.75) is 12.8 Å². The van der Waals surface area contributed by atoms with Gasteiger partial charge in [0.05, 0.1) is 5.69 Å². The van der Waals surface area contributed by atoms with E-state index in [-0.39, 0.29) is 12.8 Å². The van der Waals surface area contributed by atoms with Crippen LogP contribution in [0.3, 0.4) is 0 Å². The van der Waals surface area contributed by atoms with E-state index in [0.29, 0.717) is 10.8 Å². The van der Waals surface area contributed by atoms with Crippen molar-refractivity contribution in [3.8, 4) is 0 Å². The highest BCUT2D eigenvalue weighted by Gasteiger charge is 2.22. The van der Waals surface area contributed by atoms with Crippen LogP contribution in [0.1, 0.15) is 12.8 Å². The number of hydrogen-bond acceptors (Lipinski definition) is 4. The second-order valence-corrected chi connectivity index (χ2v) is 8.68. The van der Waals surface area contributed by atoms with Crippen molar-refractivity contribution in [3.63, 3.8) is 0 Å². The summed E-state index contributed by atoms with van der Waals surface area (Å²) in [4.78, 5) is 23.5. The Morgan fingerprint density at radius 1 is 1.05 bits per heavy atom. The van der Waals surface area contributed by atoms with Crippen molar-refractivity contribution in [1.82, 2.24) is 0 Å². The van der Waals surface area contributed by atoms with Gasteiger partial charge in [-0.25, -0.2) is 0 Å². The molecule has 6 heteroatoms. The maximum atomic E-state index is 11.9. The van der Waals surface area contributed by atoms with Crippen LogP contribution in [0.2, 0.25) is 0 Å². The fraction of sp³-hybridized carbons (Fsp3) is 0.250. The zero-order valence-electron chi connectivity index (χ0n) is 12.5. The van der Waals surface area contributed by atoms with Gasteiger partial charge in [-0.15, -0.1) is 0 Å². The van der Waals surface area contributed by atoms with Gasteiger partial charge in [0.2, 0.25) is 0 Å². The standard InChI is InChI=1S/C16H18NO4P/c1-22(2,21)16(19)10-9-15(18)17(20)14-8-7-12-5-3-4-6-13(12)11-14/h3-8,11,20H,9-10H2,1-2H3. The van der Waals surface area contributed by atoms with Gasteiger partial charge in [0.25, 0.3) is 5.91 Å². The summed E-state index contributed by atoms with van der Waals surface area (Å²) in [5.74, 6) is -0.600. The molecule has 22 heavy (non-hydrogen) atoms. The van der Waals surface area contributed by atoms with E-state index in [2.05, 4.69) is 0 Å². The maximum absolute atomic E-state index is 11.9. The lowest BCUT2D eigenvalue weighted by Crippen LogP contribution is -2.27. The van der Waals surface area contributed by atoms with Crippen LogP contribution < -0.4 is 5.06 Å². The molecule has 116 valence electrons. The number of carbonyl (C=O) groups excluding carboxylic acids is 2. The van der Waals surface area contributed by atoms with Crippen LogP contribution >= 0.6 is 7.14 Å². The van der Waals surface area contributed by atoms with E-state index in [1.165, 1.54) is 13.3 Å². The van der Waals surface area contributed by atoms with E-state index in [0.717, 1.165) is 10.8 Å². The molecule has 1 amide bonds. The second kappa shape index (κ2) is 6.42. The largest absolute Gasteiger partial charge is 0.316 e. The molecule has 0 fully saturated rings. The van der Waals surface area contributed by atoms with Crippen LogP contribution in [0.25, 0.3) is 10.8 Å². The summed E-state index contributed by atoms with van der Waals surface area (Å²) in [5, 5.41) is 12.4. The molecule has 2 aromatic rings. The van der Waals surface area contributed by atoms with Gasteiger partial charge in [0, 0.05) is 12.8 Å². The topological polar surface area (TPSA) is 74.7 Å². The first-order valence-corrected chi connectivity index (χ1v) is 9.48. The average molecular weight is 319 g/mol. The molecule has 5 nitrogen and oxygen atoms in total. The van der Waals surface area contributed by atoms with Crippen LogP contribution in [-0.2, 0) is 14.2 Å². The molecule has 0 aliphatic rings. The number of hydrogen-bond donors (Lipinski definition) is 1. The third kappa shape index (κ3) is 3.81. The van der Waals surface area contributed by atoms with Crippen molar-refractivity contribution >= 4 is 35.0 Å². The van der Waals surface area contributed by atoms with Crippen LogP contribution in [0.15, 0.2) is 42.5 Å². The first-order chi connectivity index (χ1) is 10.3. The predicted molar refractivity (Wildman–Crippen MR) is 86.9 cm³/mol. The Balaban J connectivity index is 2.09. The molecule has 0 aromatic heterocycles. The van der Waals surface area contributed by atoms with Gasteiger partial charge in [-0.2, -0.15) is 5.06 Å². The molecule has 2 aromatic carbocycles. The number of hydroxylamine groups is 1. The number of carbonyl (C=O) groups is 2. The van der Waals surface area contributed by atoms with E-state index < -0.39 is 18.6 Å². The first kappa shape index (κ1) is 16.4. The Kier molecular flexibility index (Phi) is 4.79. The molecule has 0 unspecified atom stereocenters. The summed E-state index contributed by atoms with van der Waals surface area (Å²) >= 11 is 0. The zero-order valence-corrected chi connectivity index (χ0v) is 13.4. The number of benzene rings is 2. The number of nitrogens with zero attached hydrogens (tertiary/aromatic N) is 1. The molecule has 0 radical (unpaired) electrons. The van der Waals surface area contributed by atoms with Gasteiger partial charge in [0.1, 0.15) is 7.14 Å². The number of amides is 1. The molecular weight excluding hydrogens is 301 g/mol. The summed E-state index contributed by atoms with van der Waals surface area (Å²) in [5.41, 5.74) is -0.0971. The average Bonchev–Trinajstić information content (AvgIpc) is 2.50. The number of anilines is 1. The van der Waals surface area contributed by atoms with Gasteiger partial charge in [0.15, 0.2) is 5.52 Å². The van der Waals surface area contributed by atoms with Gasteiger partial charge >= 0.3 is 0 Å². The lowest BCUT2D eigenvalue weighted by Gasteiger charge is -2.15. The maximum Gasteiger partial charge on any atom is 0.251 e. The third-order valence-corrected chi connectivity index (χ3v) is 4.79. The molecule has 0 heterocycles. The minimum Gasteiger partial charge on any atom is -0.316 e. The van der Waals surface area contributed by atoms with Crippen molar-refractivity contribution in [3.05, 3.63) is 42.5 Å². The van der Waals surface area contributed by atoms with E-state index in [1.807, 2.05) is 24.3 Å². The van der Waals surface area contributed by atoms with Crippen molar-refractivity contribution in [1.29, 1.82) is 0 Å². The van der Waals surface area contributed by atoms with Crippen LogP contribution in [0, 0.1) is 0 Å².